The van der Waals surface area contributed by atoms with E-state index in [2.05, 4.69) is 5.32 Å². The highest BCUT2D eigenvalue weighted by Gasteiger charge is 2.37. The largest absolute Gasteiger partial charge is 0.489 e. The molecule has 1 atom stereocenters. The Morgan fingerprint density at radius 3 is 2.71 bits per heavy atom. The van der Waals surface area contributed by atoms with Crippen LogP contribution in [-0.2, 0) is 17.9 Å². The second-order valence-corrected chi connectivity index (χ2v) is 7.15. The van der Waals surface area contributed by atoms with E-state index in [4.69, 9.17) is 4.74 Å². The molecule has 2 amide bonds. The molecule has 2 aliphatic heterocycles. The number of amides is 2. The number of rotatable bonds is 5. The zero-order valence-corrected chi connectivity index (χ0v) is 15.5. The van der Waals surface area contributed by atoms with Crippen LogP contribution in [0.5, 0.6) is 5.75 Å². The van der Waals surface area contributed by atoms with E-state index in [0.29, 0.717) is 43.0 Å². The van der Waals surface area contributed by atoms with Crippen molar-refractivity contribution >= 4 is 18.1 Å². The second kappa shape index (κ2) is 7.84. The highest BCUT2D eigenvalue weighted by atomic mass is 16.5. The van der Waals surface area contributed by atoms with Gasteiger partial charge in [0.15, 0.2) is 0 Å². The van der Waals surface area contributed by atoms with Gasteiger partial charge in [-0.1, -0.05) is 12.1 Å². The highest BCUT2D eigenvalue weighted by Crippen LogP contribution is 2.30. The van der Waals surface area contributed by atoms with Crippen LogP contribution in [0, 0.1) is 0 Å². The molecule has 6 nitrogen and oxygen atoms in total. The molecule has 2 aromatic rings. The molecule has 0 radical (unpaired) electrons. The number of ether oxygens (including phenoxy) is 1. The van der Waals surface area contributed by atoms with Gasteiger partial charge in [-0.2, -0.15) is 0 Å². The number of aldehydes is 1. The predicted molar refractivity (Wildman–Crippen MR) is 103 cm³/mol. The molecule has 1 fully saturated rings. The monoisotopic (exact) mass is 378 g/mol. The van der Waals surface area contributed by atoms with Crippen LogP contribution in [0.4, 0.5) is 0 Å². The van der Waals surface area contributed by atoms with Gasteiger partial charge in [-0.05, 0) is 60.7 Å². The van der Waals surface area contributed by atoms with Crippen molar-refractivity contribution in [2.75, 3.05) is 6.54 Å². The first-order valence-electron chi connectivity index (χ1n) is 9.55. The minimum atomic E-state index is -0.410. The summed E-state index contributed by atoms with van der Waals surface area (Å²) in [4.78, 5) is 37.8. The lowest BCUT2D eigenvalue weighted by Crippen LogP contribution is -2.45. The van der Waals surface area contributed by atoms with Crippen molar-refractivity contribution in [1.82, 2.24) is 10.2 Å². The van der Waals surface area contributed by atoms with Crippen molar-refractivity contribution in [1.29, 1.82) is 0 Å². The van der Waals surface area contributed by atoms with Crippen molar-refractivity contribution < 1.29 is 19.1 Å². The summed E-state index contributed by atoms with van der Waals surface area (Å²) >= 11 is 0. The van der Waals surface area contributed by atoms with Crippen LogP contribution in [0.3, 0.4) is 0 Å². The Bertz CT molecular complexity index is 907. The predicted octanol–water partition coefficient (Wildman–Crippen LogP) is 2.70. The Labute approximate surface area is 163 Å². The van der Waals surface area contributed by atoms with Gasteiger partial charge < -0.3 is 15.0 Å². The maximum absolute atomic E-state index is 12.9. The van der Waals surface area contributed by atoms with Crippen LogP contribution in [0.15, 0.2) is 42.5 Å². The van der Waals surface area contributed by atoms with Gasteiger partial charge in [0.25, 0.3) is 5.91 Å². The van der Waals surface area contributed by atoms with Gasteiger partial charge in [0, 0.05) is 24.2 Å². The molecule has 6 heteroatoms. The summed E-state index contributed by atoms with van der Waals surface area (Å²) in [6.45, 7) is 1.42. The van der Waals surface area contributed by atoms with Crippen LogP contribution in [-0.4, -0.2) is 35.6 Å². The smallest absolute Gasteiger partial charge is 0.255 e. The molecule has 28 heavy (non-hydrogen) atoms. The van der Waals surface area contributed by atoms with Crippen molar-refractivity contribution in [3.05, 3.63) is 64.7 Å². The van der Waals surface area contributed by atoms with Gasteiger partial charge in [-0.3, -0.25) is 14.4 Å². The van der Waals surface area contributed by atoms with Crippen molar-refractivity contribution in [3.8, 4) is 5.75 Å². The molecule has 1 saturated heterocycles. The number of carbonyl (C=O) groups excluding carboxylic acids is 3. The Hall–Kier alpha value is -3.15. The van der Waals surface area contributed by atoms with Gasteiger partial charge >= 0.3 is 0 Å². The molecule has 2 heterocycles. The summed E-state index contributed by atoms with van der Waals surface area (Å²) in [6.07, 6.45) is 3.35. The number of benzene rings is 2. The summed E-state index contributed by atoms with van der Waals surface area (Å²) in [5.41, 5.74) is 3.10. The van der Waals surface area contributed by atoms with E-state index in [1.807, 2.05) is 18.2 Å². The molecule has 2 aromatic carbocycles. The fourth-order valence-electron chi connectivity index (χ4n) is 3.83. The van der Waals surface area contributed by atoms with E-state index in [9.17, 15) is 14.4 Å². The summed E-state index contributed by atoms with van der Waals surface area (Å²) in [7, 11) is 0. The minimum absolute atomic E-state index is 0.0632. The number of nitrogens with zero attached hydrogens (tertiary/aromatic N) is 1. The van der Waals surface area contributed by atoms with E-state index in [1.54, 1.807) is 29.2 Å². The lowest BCUT2D eigenvalue weighted by molar-refractivity contribution is -0.125. The lowest BCUT2D eigenvalue weighted by Gasteiger charge is -2.25. The number of fused-ring (bicyclic) bond motifs is 1. The lowest BCUT2D eigenvalue weighted by atomic mass is 10.0. The first-order valence-corrected chi connectivity index (χ1v) is 9.55. The SMILES string of the molecule is O=Cc1ccc(OCc2cccc3c2CN([C@H]2CCCCNC2=O)C3=O)cc1. The van der Waals surface area contributed by atoms with E-state index in [1.165, 1.54) is 0 Å². The first kappa shape index (κ1) is 18.2. The Morgan fingerprint density at radius 1 is 1.11 bits per heavy atom. The molecule has 0 saturated carbocycles. The maximum Gasteiger partial charge on any atom is 0.255 e. The van der Waals surface area contributed by atoms with Gasteiger partial charge in [0.2, 0.25) is 5.91 Å². The third-order valence-electron chi connectivity index (χ3n) is 5.39. The maximum atomic E-state index is 12.9. The Morgan fingerprint density at radius 2 is 1.93 bits per heavy atom. The zero-order valence-electron chi connectivity index (χ0n) is 15.5. The minimum Gasteiger partial charge on any atom is -0.489 e. The number of nitrogens with one attached hydrogen (secondary N) is 1. The van der Waals surface area contributed by atoms with Crippen LogP contribution < -0.4 is 10.1 Å². The zero-order chi connectivity index (χ0) is 19.5. The van der Waals surface area contributed by atoms with Crippen molar-refractivity contribution in [2.45, 2.75) is 38.5 Å². The quantitative estimate of drug-likeness (QED) is 0.812. The van der Waals surface area contributed by atoms with Gasteiger partial charge in [0.1, 0.15) is 24.7 Å². The Kier molecular flexibility index (Phi) is 5.10. The van der Waals surface area contributed by atoms with Crippen LogP contribution in [0.25, 0.3) is 0 Å². The Balaban J connectivity index is 1.52. The third kappa shape index (κ3) is 3.50. The van der Waals surface area contributed by atoms with Crippen molar-refractivity contribution in [3.63, 3.8) is 0 Å². The standard InChI is InChI=1S/C22H22N2O4/c25-13-15-7-9-17(10-8-15)28-14-16-4-3-5-18-19(16)12-24(22(18)27)20-6-1-2-11-23-21(20)26/h3-5,7-10,13,20H,1-2,6,11-12,14H2,(H,23,26)/t20-/m0/s1. The van der Waals surface area contributed by atoms with Gasteiger partial charge in [-0.25, -0.2) is 0 Å². The van der Waals surface area contributed by atoms with Gasteiger partial charge in [-0.15, -0.1) is 0 Å². The summed E-state index contributed by atoms with van der Waals surface area (Å²) < 4.78 is 5.85. The van der Waals surface area contributed by atoms with Crippen LogP contribution >= 0.6 is 0 Å². The molecular weight excluding hydrogens is 356 g/mol. The summed E-state index contributed by atoms with van der Waals surface area (Å²) in [5.74, 6) is 0.508. The van der Waals surface area contributed by atoms with Crippen LogP contribution in [0.1, 0.15) is 51.1 Å². The fraction of sp³-hybridized carbons (Fsp3) is 0.318. The molecule has 0 unspecified atom stereocenters. The highest BCUT2D eigenvalue weighted by molar-refractivity contribution is 6.01. The molecule has 144 valence electrons. The van der Waals surface area contributed by atoms with Crippen molar-refractivity contribution in [2.24, 2.45) is 0 Å². The van der Waals surface area contributed by atoms with E-state index in [-0.39, 0.29) is 11.8 Å². The molecule has 0 aromatic heterocycles. The van der Waals surface area contributed by atoms with E-state index < -0.39 is 6.04 Å². The number of hydrogen-bond acceptors (Lipinski definition) is 4. The molecular formula is C22H22N2O4. The molecule has 1 N–H and O–H groups in total. The number of carbonyl (C=O) groups is 3. The second-order valence-electron chi connectivity index (χ2n) is 7.15. The van der Waals surface area contributed by atoms with E-state index in [0.717, 1.165) is 30.3 Å². The summed E-state index contributed by atoms with van der Waals surface area (Å²) in [5, 5.41) is 2.91. The molecule has 0 aliphatic carbocycles. The molecule has 0 spiro atoms. The summed E-state index contributed by atoms with van der Waals surface area (Å²) in [6, 6.07) is 12.1. The molecule has 2 aliphatic rings. The normalized spacial score (nSPS) is 19.0. The fourth-order valence-corrected chi connectivity index (χ4v) is 3.83. The van der Waals surface area contributed by atoms with Crippen LogP contribution in [0.2, 0.25) is 0 Å². The average Bonchev–Trinajstić information content (AvgIpc) is 2.91. The topological polar surface area (TPSA) is 75.7 Å². The molecule has 0 bridgehead atoms. The average molecular weight is 378 g/mol. The first-order chi connectivity index (χ1) is 13.7. The number of hydrogen-bond donors (Lipinski definition) is 1. The molecule has 4 rings (SSSR count). The van der Waals surface area contributed by atoms with E-state index >= 15 is 0 Å². The third-order valence-corrected chi connectivity index (χ3v) is 5.39. The van der Waals surface area contributed by atoms with Gasteiger partial charge in [0.05, 0.1) is 0 Å².